The van der Waals surface area contributed by atoms with Crippen LogP contribution in [0.2, 0.25) is 0 Å². The van der Waals surface area contributed by atoms with E-state index in [1.807, 2.05) is 6.08 Å². The van der Waals surface area contributed by atoms with Gasteiger partial charge in [-0.15, -0.1) is 0 Å². The van der Waals surface area contributed by atoms with E-state index in [9.17, 15) is 4.79 Å². The minimum absolute atomic E-state index is 0.0397. The molecule has 0 aromatic heterocycles. The van der Waals surface area contributed by atoms with Crippen molar-refractivity contribution in [1.29, 1.82) is 0 Å². The summed E-state index contributed by atoms with van der Waals surface area (Å²) in [5.74, 6) is 3.34. The third-order valence-corrected chi connectivity index (χ3v) is 9.65. The van der Waals surface area contributed by atoms with Gasteiger partial charge < -0.3 is 5.73 Å². The predicted molar refractivity (Wildman–Crippen MR) is 121 cm³/mol. The zero-order valence-electron chi connectivity index (χ0n) is 19.2. The maximum Gasteiger partial charge on any atom is 0.178 e. The largest absolute Gasteiger partial charge is 0.324 e. The normalized spacial score (nSPS) is 44.3. The Morgan fingerprint density at radius 3 is 2.59 bits per heavy atom. The van der Waals surface area contributed by atoms with E-state index in [1.54, 1.807) is 6.08 Å². The molecule has 2 nitrogen and oxygen atoms in total. The average Bonchev–Trinajstić information content (AvgIpc) is 2.93. The van der Waals surface area contributed by atoms with Crippen molar-refractivity contribution in [3.8, 4) is 0 Å². The Bertz CT molecular complexity index is 760. The van der Waals surface area contributed by atoms with Crippen LogP contribution >= 0.6 is 0 Å². The van der Waals surface area contributed by atoms with Crippen molar-refractivity contribution in [3.63, 3.8) is 0 Å². The van der Waals surface area contributed by atoms with Gasteiger partial charge in [0.15, 0.2) is 5.78 Å². The van der Waals surface area contributed by atoms with Gasteiger partial charge in [-0.1, -0.05) is 72.1 Å². The molecule has 0 aromatic carbocycles. The molecule has 4 aliphatic carbocycles. The highest BCUT2D eigenvalue weighted by Crippen LogP contribution is 2.66. The lowest BCUT2D eigenvalue weighted by atomic mass is 9.46. The van der Waals surface area contributed by atoms with Crippen LogP contribution in [0, 0.1) is 40.4 Å². The zero-order valence-corrected chi connectivity index (χ0v) is 19.2. The summed E-state index contributed by atoms with van der Waals surface area (Å²) in [6.07, 6.45) is 19.3. The van der Waals surface area contributed by atoms with E-state index in [-0.39, 0.29) is 22.2 Å². The predicted octanol–water partition coefficient (Wildman–Crippen LogP) is 6.23. The Morgan fingerprint density at radius 2 is 1.86 bits per heavy atom. The highest BCUT2D eigenvalue weighted by molar-refractivity contribution is 6.01. The summed E-state index contributed by atoms with van der Waals surface area (Å²) in [4.78, 5) is 11.9. The molecule has 2 saturated carbocycles. The Labute approximate surface area is 178 Å². The van der Waals surface area contributed by atoms with Crippen molar-refractivity contribution >= 4 is 5.78 Å². The molecule has 0 radical (unpaired) electrons. The van der Waals surface area contributed by atoms with Gasteiger partial charge in [0.1, 0.15) is 0 Å². The number of hydrogen-bond donors (Lipinski definition) is 1. The van der Waals surface area contributed by atoms with Crippen molar-refractivity contribution in [2.45, 2.75) is 85.1 Å². The Hall–Kier alpha value is -1.15. The SMILES string of the molecule is CC(C)CCC[C@@H](C)[C@H]1CC[C@@]2(N)[C@@H]3C=CC4=CC(=O)C=C[C@]4(C)C3CC[C@]12C. The van der Waals surface area contributed by atoms with Crippen LogP contribution in [0.1, 0.15) is 79.6 Å². The molecule has 0 aromatic rings. The van der Waals surface area contributed by atoms with Crippen molar-refractivity contribution in [3.05, 3.63) is 36.0 Å². The first-order valence-electron chi connectivity index (χ1n) is 12.0. The van der Waals surface area contributed by atoms with Gasteiger partial charge in [0.05, 0.1) is 0 Å². The highest BCUT2D eigenvalue weighted by Gasteiger charge is 2.64. The summed E-state index contributed by atoms with van der Waals surface area (Å²) in [6, 6.07) is 0. The molecule has 1 unspecified atom stereocenters. The van der Waals surface area contributed by atoms with Crippen LogP contribution in [-0.4, -0.2) is 11.3 Å². The molecule has 7 atom stereocenters. The molecule has 0 aliphatic heterocycles. The molecule has 2 N–H and O–H groups in total. The first kappa shape index (κ1) is 21.1. The number of carbonyl (C=O) groups is 1. The smallest absolute Gasteiger partial charge is 0.178 e. The average molecular weight is 396 g/mol. The van der Waals surface area contributed by atoms with Gasteiger partial charge in [0.2, 0.25) is 0 Å². The van der Waals surface area contributed by atoms with Crippen LogP contribution in [0.15, 0.2) is 36.0 Å². The molecule has 0 amide bonds. The third-order valence-electron chi connectivity index (χ3n) is 9.65. The molecular weight excluding hydrogens is 354 g/mol. The van der Waals surface area contributed by atoms with Crippen molar-refractivity contribution in [1.82, 2.24) is 0 Å². The third kappa shape index (κ3) is 3.12. The van der Waals surface area contributed by atoms with Gasteiger partial charge in [-0.05, 0) is 78.4 Å². The van der Waals surface area contributed by atoms with Crippen LogP contribution < -0.4 is 5.73 Å². The van der Waals surface area contributed by atoms with Gasteiger partial charge in [-0.3, -0.25) is 4.79 Å². The summed E-state index contributed by atoms with van der Waals surface area (Å²) in [7, 11) is 0. The molecule has 0 saturated heterocycles. The summed E-state index contributed by atoms with van der Waals surface area (Å²) in [5.41, 5.74) is 8.66. The van der Waals surface area contributed by atoms with Gasteiger partial charge >= 0.3 is 0 Å². The number of ketones is 1. The molecular formula is C27H41NO. The molecule has 0 heterocycles. The first-order chi connectivity index (χ1) is 13.6. The molecule has 0 bridgehead atoms. The van der Waals surface area contributed by atoms with Crippen molar-refractivity contribution in [2.75, 3.05) is 0 Å². The first-order valence-corrected chi connectivity index (χ1v) is 12.0. The topological polar surface area (TPSA) is 43.1 Å². The Kier molecular flexibility index (Phi) is 5.25. The lowest BCUT2D eigenvalue weighted by Gasteiger charge is -2.60. The van der Waals surface area contributed by atoms with E-state index in [1.165, 1.54) is 44.1 Å². The summed E-state index contributed by atoms with van der Waals surface area (Å²) < 4.78 is 0. The zero-order chi connectivity index (χ0) is 21.0. The van der Waals surface area contributed by atoms with Gasteiger partial charge in [0.25, 0.3) is 0 Å². The number of fused-ring (bicyclic) bond motifs is 5. The number of carbonyl (C=O) groups excluding carboxylic acids is 1. The number of nitrogens with two attached hydrogens (primary N) is 1. The Morgan fingerprint density at radius 1 is 1.10 bits per heavy atom. The van der Waals surface area contributed by atoms with E-state index < -0.39 is 0 Å². The van der Waals surface area contributed by atoms with Crippen LogP contribution in [0.5, 0.6) is 0 Å². The fourth-order valence-corrected chi connectivity index (χ4v) is 7.72. The second-order valence-corrected chi connectivity index (χ2v) is 11.6. The molecule has 0 spiro atoms. The minimum atomic E-state index is -0.118. The standard InChI is InChI=1S/C27H41NO/c1-18(2)7-6-8-19(3)22-13-16-27(28)24-10-9-20-17-21(29)11-14-25(20,4)23(24)12-15-26(22,27)5/h9-11,14,17-19,22-24H,6-8,12-13,15-16,28H2,1-5H3/t19-,22-,23?,24-,25+,26-,27-/m1/s1. The second-order valence-electron chi connectivity index (χ2n) is 11.6. The Balaban J connectivity index is 1.60. The van der Waals surface area contributed by atoms with Gasteiger partial charge in [0, 0.05) is 11.0 Å². The lowest BCUT2D eigenvalue weighted by Crippen LogP contribution is -2.64. The van der Waals surface area contributed by atoms with E-state index >= 15 is 0 Å². The minimum Gasteiger partial charge on any atom is -0.324 e. The van der Waals surface area contributed by atoms with E-state index in [0.29, 0.717) is 11.8 Å². The van der Waals surface area contributed by atoms with Gasteiger partial charge in [-0.25, -0.2) is 0 Å². The maximum absolute atomic E-state index is 11.9. The molecule has 2 fully saturated rings. The number of rotatable bonds is 5. The molecule has 4 aliphatic rings. The number of allylic oxidation sites excluding steroid dienone is 5. The quantitative estimate of drug-likeness (QED) is 0.599. The molecule has 160 valence electrons. The lowest BCUT2D eigenvalue weighted by molar-refractivity contribution is -0.110. The molecule has 29 heavy (non-hydrogen) atoms. The molecule has 2 heteroatoms. The number of hydrogen-bond acceptors (Lipinski definition) is 2. The second kappa shape index (κ2) is 7.22. The maximum atomic E-state index is 11.9. The van der Waals surface area contributed by atoms with Crippen LogP contribution in [0.3, 0.4) is 0 Å². The van der Waals surface area contributed by atoms with E-state index in [2.05, 4.69) is 52.8 Å². The summed E-state index contributed by atoms with van der Waals surface area (Å²) in [5, 5.41) is 0. The molecule has 4 rings (SSSR count). The fourth-order valence-electron chi connectivity index (χ4n) is 7.72. The monoisotopic (exact) mass is 395 g/mol. The summed E-state index contributed by atoms with van der Waals surface area (Å²) in [6.45, 7) is 12.0. The van der Waals surface area contributed by atoms with Crippen LogP contribution in [0.25, 0.3) is 0 Å². The van der Waals surface area contributed by atoms with Crippen LogP contribution in [-0.2, 0) is 4.79 Å². The fraction of sp³-hybridized carbons (Fsp3) is 0.741. The highest BCUT2D eigenvalue weighted by atomic mass is 16.1. The van der Waals surface area contributed by atoms with Gasteiger partial charge in [-0.2, -0.15) is 0 Å². The van der Waals surface area contributed by atoms with Crippen molar-refractivity contribution < 1.29 is 4.79 Å². The van der Waals surface area contributed by atoms with Crippen molar-refractivity contribution in [2.24, 2.45) is 46.2 Å². The summed E-state index contributed by atoms with van der Waals surface area (Å²) >= 11 is 0. The van der Waals surface area contributed by atoms with E-state index in [0.717, 1.165) is 24.2 Å². The van der Waals surface area contributed by atoms with E-state index in [4.69, 9.17) is 5.73 Å². The van der Waals surface area contributed by atoms with Crippen LogP contribution in [0.4, 0.5) is 0 Å².